The van der Waals surface area contributed by atoms with Crippen LogP contribution in [0.25, 0.3) is 0 Å². The lowest BCUT2D eigenvalue weighted by Gasteiger charge is -2.26. The predicted molar refractivity (Wildman–Crippen MR) is 80.2 cm³/mol. The molecule has 2 aliphatic rings. The molecule has 4 nitrogen and oxygen atoms in total. The number of hydrogen-bond acceptors (Lipinski definition) is 3. The molecular weight excluding hydrogens is 288 g/mol. The molecule has 1 aliphatic heterocycles. The first-order valence-electron chi connectivity index (χ1n) is 7.31. The molecule has 0 aromatic heterocycles. The molecule has 0 N–H and O–H groups in total. The lowest BCUT2D eigenvalue weighted by molar-refractivity contribution is -0.127. The van der Waals surface area contributed by atoms with E-state index in [1.165, 1.54) is 0 Å². The molecule has 0 bridgehead atoms. The van der Waals surface area contributed by atoms with E-state index in [0.717, 1.165) is 25.7 Å². The van der Waals surface area contributed by atoms with Gasteiger partial charge >= 0.3 is 0 Å². The summed E-state index contributed by atoms with van der Waals surface area (Å²) in [4.78, 5) is 14.4. The summed E-state index contributed by atoms with van der Waals surface area (Å²) >= 11 is 6.06. The van der Waals surface area contributed by atoms with Crippen LogP contribution in [0.15, 0.2) is 18.2 Å². The van der Waals surface area contributed by atoms with Crippen LogP contribution >= 0.6 is 11.6 Å². The van der Waals surface area contributed by atoms with E-state index in [1.807, 2.05) is 0 Å². The molecule has 1 aliphatic carbocycles. The smallest absolute Gasteiger partial charge is 0.256 e. The second kappa shape index (κ2) is 6.05. The fraction of sp³-hybridized carbons (Fsp3) is 0.500. The topological polar surface area (TPSA) is 53.3 Å². The van der Waals surface area contributed by atoms with Gasteiger partial charge in [0, 0.05) is 18.2 Å². The average molecular weight is 305 g/mol. The van der Waals surface area contributed by atoms with Gasteiger partial charge in [-0.15, -0.1) is 0 Å². The maximum Gasteiger partial charge on any atom is 0.256 e. The Morgan fingerprint density at radius 2 is 2.24 bits per heavy atom. The van der Waals surface area contributed by atoms with E-state index >= 15 is 0 Å². The van der Waals surface area contributed by atoms with Gasteiger partial charge in [-0.05, 0) is 49.8 Å². The van der Waals surface area contributed by atoms with E-state index in [4.69, 9.17) is 16.3 Å². The Morgan fingerprint density at radius 3 is 2.86 bits per heavy atom. The Kier molecular flexibility index (Phi) is 4.14. The highest BCUT2D eigenvalue weighted by Gasteiger charge is 2.34. The van der Waals surface area contributed by atoms with Crippen molar-refractivity contribution < 1.29 is 9.53 Å². The number of nitrogens with zero attached hydrogens (tertiary/aromatic N) is 2. The summed E-state index contributed by atoms with van der Waals surface area (Å²) < 4.78 is 5.52. The second-order valence-corrected chi connectivity index (χ2v) is 6.10. The van der Waals surface area contributed by atoms with Gasteiger partial charge in [0.1, 0.15) is 12.2 Å². The summed E-state index contributed by atoms with van der Waals surface area (Å²) in [6.07, 6.45) is 3.56. The summed E-state index contributed by atoms with van der Waals surface area (Å²) in [6, 6.07) is 7.20. The minimum Gasteiger partial charge on any atom is -0.368 e. The summed E-state index contributed by atoms with van der Waals surface area (Å²) in [5, 5.41) is 9.83. The van der Waals surface area contributed by atoms with Gasteiger partial charge in [0.25, 0.3) is 5.91 Å². The highest BCUT2D eigenvalue weighted by Crippen LogP contribution is 2.34. The molecule has 1 saturated carbocycles. The van der Waals surface area contributed by atoms with E-state index in [1.54, 1.807) is 23.1 Å². The number of nitriles is 1. The van der Waals surface area contributed by atoms with Crippen LogP contribution in [0.4, 0.5) is 5.69 Å². The highest BCUT2D eigenvalue weighted by molar-refractivity contribution is 6.31. The van der Waals surface area contributed by atoms with E-state index in [9.17, 15) is 10.1 Å². The number of carbonyl (C=O) groups excluding carboxylic acids is 1. The lowest BCUT2D eigenvalue weighted by Crippen LogP contribution is -2.40. The molecular formula is C16H17ClN2O2. The molecule has 1 saturated heterocycles. The molecule has 0 unspecified atom stereocenters. The zero-order valence-corrected chi connectivity index (χ0v) is 12.5. The third-order valence-electron chi connectivity index (χ3n) is 3.98. The third kappa shape index (κ3) is 3.20. The van der Waals surface area contributed by atoms with Crippen LogP contribution in [0, 0.1) is 17.2 Å². The maximum atomic E-state index is 12.7. The molecule has 3 rings (SSSR count). The van der Waals surface area contributed by atoms with Gasteiger partial charge in [0.15, 0.2) is 0 Å². The minimum absolute atomic E-state index is 0.0434. The molecule has 1 heterocycles. The van der Waals surface area contributed by atoms with Crippen LogP contribution in [-0.4, -0.2) is 25.2 Å². The predicted octanol–water partition coefficient (Wildman–Crippen LogP) is 3.13. The Morgan fingerprint density at radius 1 is 1.43 bits per heavy atom. The molecule has 0 radical (unpaired) electrons. The first-order chi connectivity index (χ1) is 10.2. The number of ether oxygens (including phenoxy) is 1. The van der Waals surface area contributed by atoms with Crippen LogP contribution in [0.3, 0.4) is 0 Å². The van der Waals surface area contributed by atoms with Crippen LogP contribution in [0.2, 0.25) is 5.02 Å². The number of amides is 1. The fourth-order valence-corrected chi connectivity index (χ4v) is 2.80. The number of carbonyl (C=O) groups is 1. The molecule has 1 aromatic rings. The van der Waals surface area contributed by atoms with Gasteiger partial charge in [-0.3, -0.25) is 4.79 Å². The third-order valence-corrected chi connectivity index (χ3v) is 4.21. The molecule has 21 heavy (non-hydrogen) atoms. The van der Waals surface area contributed by atoms with Crippen LogP contribution in [0.5, 0.6) is 0 Å². The largest absolute Gasteiger partial charge is 0.368 e. The monoisotopic (exact) mass is 304 g/mol. The number of benzene rings is 1. The number of hydrogen-bond donors (Lipinski definition) is 0. The van der Waals surface area contributed by atoms with Crippen molar-refractivity contribution in [1.82, 2.24) is 0 Å². The zero-order chi connectivity index (χ0) is 14.8. The van der Waals surface area contributed by atoms with Crippen molar-refractivity contribution in [2.24, 2.45) is 5.92 Å². The molecule has 2 fully saturated rings. The summed E-state index contributed by atoms with van der Waals surface area (Å²) in [5.74, 6) is 0.485. The van der Waals surface area contributed by atoms with Crippen molar-refractivity contribution in [2.75, 3.05) is 18.1 Å². The van der Waals surface area contributed by atoms with Crippen molar-refractivity contribution in [3.05, 3.63) is 28.8 Å². The molecule has 1 aromatic carbocycles. The average Bonchev–Trinajstić information content (AvgIpc) is 3.14. The summed E-state index contributed by atoms with van der Waals surface area (Å²) in [5.41, 5.74) is 1.09. The first kappa shape index (κ1) is 14.4. The highest BCUT2D eigenvalue weighted by atomic mass is 35.5. The SMILES string of the molecule is N#Cc1ccc(Cl)cc1N(CC1CC1)C(=O)[C@H]1CCCO1. The first-order valence-corrected chi connectivity index (χ1v) is 7.69. The van der Waals surface area contributed by atoms with E-state index < -0.39 is 0 Å². The maximum absolute atomic E-state index is 12.7. The van der Waals surface area contributed by atoms with Crippen molar-refractivity contribution in [3.63, 3.8) is 0 Å². The normalized spacial score (nSPS) is 21.0. The Bertz CT molecular complexity index is 586. The van der Waals surface area contributed by atoms with Crippen LogP contribution in [-0.2, 0) is 9.53 Å². The van der Waals surface area contributed by atoms with Crippen molar-refractivity contribution in [3.8, 4) is 6.07 Å². The quantitative estimate of drug-likeness (QED) is 0.858. The van der Waals surface area contributed by atoms with Gasteiger partial charge in [-0.25, -0.2) is 0 Å². The zero-order valence-electron chi connectivity index (χ0n) is 11.7. The Hall–Kier alpha value is -1.57. The molecule has 5 heteroatoms. The molecule has 1 amide bonds. The minimum atomic E-state index is -0.380. The van der Waals surface area contributed by atoms with Crippen LogP contribution in [0.1, 0.15) is 31.2 Å². The van der Waals surface area contributed by atoms with Crippen molar-refractivity contribution in [2.45, 2.75) is 31.8 Å². The summed E-state index contributed by atoms with van der Waals surface area (Å²) in [7, 11) is 0. The summed E-state index contributed by atoms with van der Waals surface area (Å²) in [6.45, 7) is 1.28. The Balaban J connectivity index is 1.92. The number of halogens is 1. The van der Waals surface area contributed by atoms with E-state index in [-0.39, 0.29) is 12.0 Å². The number of anilines is 1. The number of rotatable bonds is 4. The fourth-order valence-electron chi connectivity index (χ4n) is 2.63. The second-order valence-electron chi connectivity index (χ2n) is 5.67. The van der Waals surface area contributed by atoms with Gasteiger partial charge in [0.05, 0.1) is 11.3 Å². The lowest BCUT2D eigenvalue weighted by atomic mass is 10.1. The van der Waals surface area contributed by atoms with Crippen molar-refractivity contribution >= 4 is 23.2 Å². The van der Waals surface area contributed by atoms with Crippen LogP contribution < -0.4 is 4.90 Å². The van der Waals surface area contributed by atoms with E-state index in [2.05, 4.69) is 6.07 Å². The van der Waals surface area contributed by atoms with Gasteiger partial charge in [0.2, 0.25) is 0 Å². The van der Waals surface area contributed by atoms with Gasteiger partial charge in [-0.1, -0.05) is 11.6 Å². The van der Waals surface area contributed by atoms with Gasteiger partial charge < -0.3 is 9.64 Å². The molecule has 1 atom stereocenters. The standard InChI is InChI=1S/C16H17ClN2O2/c17-13-6-5-12(9-18)14(8-13)19(10-11-3-4-11)16(20)15-2-1-7-21-15/h5-6,8,11,15H,1-4,7,10H2/t15-/m1/s1. The molecule has 110 valence electrons. The van der Waals surface area contributed by atoms with E-state index in [0.29, 0.717) is 35.3 Å². The van der Waals surface area contributed by atoms with Crippen molar-refractivity contribution in [1.29, 1.82) is 5.26 Å². The molecule has 0 spiro atoms. The Labute approximate surface area is 129 Å². The van der Waals surface area contributed by atoms with Gasteiger partial charge in [-0.2, -0.15) is 5.26 Å².